The predicted octanol–water partition coefficient (Wildman–Crippen LogP) is 4.53. The Hall–Kier alpha value is -4.09. The molecule has 3 aromatic carbocycles. The molecule has 12 heteroatoms. The first-order chi connectivity index (χ1) is 18.2. The summed E-state index contributed by atoms with van der Waals surface area (Å²) in [6, 6.07) is 14.9. The Morgan fingerprint density at radius 1 is 1.00 bits per heavy atom. The van der Waals surface area contributed by atoms with E-state index in [1.807, 2.05) is 0 Å². The minimum Gasteiger partial charge on any atom is -0.497 e. The van der Waals surface area contributed by atoms with E-state index in [-0.39, 0.29) is 12.5 Å². The van der Waals surface area contributed by atoms with Crippen molar-refractivity contribution in [3.05, 3.63) is 75.2 Å². The van der Waals surface area contributed by atoms with Crippen LogP contribution in [0.25, 0.3) is 0 Å². The van der Waals surface area contributed by atoms with Crippen LogP contribution in [0, 0.1) is 6.92 Å². The SMILES string of the molecule is COc1ccc(NC(=O)C(=O)N/N=C\c2cc(Br)c(OCC(=O)Nc3cccc(Cl)c3C)c(OC)c2)cc1. The standard InChI is InChI=1S/C26H24BrClN4O6/c1-15-20(28)5-4-6-21(15)31-23(33)14-38-24-19(27)11-16(12-22(24)37-3)13-29-32-26(35)25(34)30-17-7-9-18(36-2)10-8-17/h4-13H,14H2,1-3H3,(H,30,34)(H,31,33)(H,32,35)/b29-13-. The fourth-order valence-corrected chi connectivity index (χ4v) is 3.85. The minimum atomic E-state index is -0.955. The third-order valence-electron chi connectivity index (χ3n) is 5.07. The third kappa shape index (κ3) is 7.70. The number of carbonyl (C=O) groups is 3. The van der Waals surface area contributed by atoms with E-state index >= 15 is 0 Å². The predicted molar refractivity (Wildman–Crippen MR) is 148 cm³/mol. The number of amides is 3. The largest absolute Gasteiger partial charge is 0.497 e. The molecule has 0 saturated heterocycles. The quantitative estimate of drug-likeness (QED) is 0.187. The molecule has 10 nitrogen and oxygen atoms in total. The van der Waals surface area contributed by atoms with Gasteiger partial charge in [-0.1, -0.05) is 17.7 Å². The molecule has 198 valence electrons. The Labute approximate surface area is 232 Å². The van der Waals surface area contributed by atoms with Crippen LogP contribution in [0.15, 0.2) is 64.2 Å². The van der Waals surface area contributed by atoms with Gasteiger partial charge in [-0.05, 0) is 82.5 Å². The van der Waals surface area contributed by atoms with Crippen LogP contribution in [-0.2, 0) is 14.4 Å². The van der Waals surface area contributed by atoms with Crippen molar-refractivity contribution in [3.8, 4) is 17.2 Å². The Morgan fingerprint density at radius 2 is 1.74 bits per heavy atom. The lowest BCUT2D eigenvalue weighted by Gasteiger charge is -2.14. The van der Waals surface area contributed by atoms with Gasteiger partial charge >= 0.3 is 11.8 Å². The number of rotatable bonds is 9. The molecule has 0 aliphatic carbocycles. The average Bonchev–Trinajstić information content (AvgIpc) is 2.90. The van der Waals surface area contributed by atoms with Crippen molar-refractivity contribution < 1.29 is 28.6 Å². The average molecular weight is 604 g/mol. The molecule has 0 aliphatic heterocycles. The number of hydrogen-bond acceptors (Lipinski definition) is 7. The molecule has 38 heavy (non-hydrogen) atoms. The van der Waals surface area contributed by atoms with Gasteiger partial charge in [-0.3, -0.25) is 14.4 Å². The maximum Gasteiger partial charge on any atom is 0.329 e. The molecule has 0 aromatic heterocycles. The second-order valence-electron chi connectivity index (χ2n) is 7.67. The molecule has 0 fully saturated rings. The first kappa shape index (κ1) is 28.5. The van der Waals surface area contributed by atoms with Gasteiger partial charge in [0.25, 0.3) is 5.91 Å². The van der Waals surface area contributed by atoms with Gasteiger partial charge in [0.15, 0.2) is 18.1 Å². The second kappa shape index (κ2) is 13.5. The molecular formula is C26H24BrClN4O6. The molecule has 0 aliphatic rings. The van der Waals surface area contributed by atoms with Crippen molar-refractivity contribution in [1.82, 2.24) is 5.43 Å². The van der Waals surface area contributed by atoms with Crippen molar-refractivity contribution in [2.75, 3.05) is 31.5 Å². The number of methoxy groups -OCH3 is 2. The fourth-order valence-electron chi connectivity index (χ4n) is 3.10. The van der Waals surface area contributed by atoms with Crippen LogP contribution in [0.1, 0.15) is 11.1 Å². The fraction of sp³-hybridized carbons (Fsp3) is 0.154. The van der Waals surface area contributed by atoms with Gasteiger partial charge in [0, 0.05) is 16.4 Å². The zero-order valence-electron chi connectivity index (χ0n) is 20.6. The number of halogens is 2. The van der Waals surface area contributed by atoms with Gasteiger partial charge in [-0.2, -0.15) is 5.10 Å². The number of hydrazone groups is 1. The van der Waals surface area contributed by atoms with E-state index in [2.05, 4.69) is 37.1 Å². The number of anilines is 2. The maximum atomic E-state index is 12.4. The van der Waals surface area contributed by atoms with Gasteiger partial charge in [-0.15, -0.1) is 0 Å². The van der Waals surface area contributed by atoms with Crippen molar-refractivity contribution in [2.45, 2.75) is 6.92 Å². The van der Waals surface area contributed by atoms with Crippen LogP contribution >= 0.6 is 27.5 Å². The molecule has 3 rings (SSSR count). The summed E-state index contributed by atoms with van der Waals surface area (Å²) in [5.41, 5.74) is 4.44. The molecule has 3 aromatic rings. The number of benzene rings is 3. The summed E-state index contributed by atoms with van der Waals surface area (Å²) in [5, 5.41) is 9.57. The summed E-state index contributed by atoms with van der Waals surface area (Å²) in [5.74, 6) is -0.997. The number of carbonyl (C=O) groups excluding carboxylic acids is 3. The van der Waals surface area contributed by atoms with Crippen LogP contribution in [0.5, 0.6) is 17.2 Å². The highest BCUT2D eigenvalue weighted by Gasteiger charge is 2.15. The van der Waals surface area contributed by atoms with Crippen molar-refractivity contribution in [3.63, 3.8) is 0 Å². The smallest absolute Gasteiger partial charge is 0.329 e. The molecule has 0 bridgehead atoms. The first-order valence-corrected chi connectivity index (χ1v) is 12.2. The zero-order chi connectivity index (χ0) is 27.7. The third-order valence-corrected chi connectivity index (χ3v) is 6.07. The van der Waals surface area contributed by atoms with Crippen LogP contribution in [0.4, 0.5) is 11.4 Å². The molecule has 3 N–H and O–H groups in total. The van der Waals surface area contributed by atoms with E-state index in [9.17, 15) is 14.4 Å². The van der Waals surface area contributed by atoms with Gasteiger partial charge < -0.3 is 24.8 Å². The van der Waals surface area contributed by atoms with Crippen LogP contribution < -0.4 is 30.3 Å². The van der Waals surface area contributed by atoms with Crippen molar-refractivity contribution >= 4 is 62.8 Å². The number of nitrogens with one attached hydrogen (secondary N) is 3. The van der Waals surface area contributed by atoms with Gasteiger partial charge in [0.1, 0.15) is 5.75 Å². The molecule has 3 amide bonds. The van der Waals surface area contributed by atoms with E-state index in [1.54, 1.807) is 61.5 Å². The van der Waals surface area contributed by atoms with Crippen LogP contribution in [0.3, 0.4) is 0 Å². The highest BCUT2D eigenvalue weighted by atomic mass is 79.9. The zero-order valence-corrected chi connectivity index (χ0v) is 23.0. The van der Waals surface area contributed by atoms with E-state index < -0.39 is 11.8 Å². The highest BCUT2D eigenvalue weighted by Crippen LogP contribution is 2.36. The lowest BCUT2D eigenvalue weighted by atomic mass is 10.2. The van der Waals surface area contributed by atoms with Crippen LogP contribution in [-0.4, -0.2) is 44.8 Å². The topological polar surface area (TPSA) is 127 Å². The maximum absolute atomic E-state index is 12.4. The van der Waals surface area contributed by atoms with E-state index in [1.165, 1.54) is 20.4 Å². The molecule has 0 saturated carbocycles. The Balaban J connectivity index is 1.58. The Morgan fingerprint density at radius 3 is 2.42 bits per heavy atom. The lowest BCUT2D eigenvalue weighted by molar-refractivity contribution is -0.136. The van der Waals surface area contributed by atoms with Gasteiger partial charge in [0.2, 0.25) is 0 Å². The van der Waals surface area contributed by atoms with E-state index in [4.69, 9.17) is 25.8 Å². The second-order valence-corrected chi connectivity index (χ2v) is 8.93. The lowest BCUT2D eigenvalue weighted by Crippen LogP contribution is -2.32. The molecule has 0 heterocycles. The Bertz CT molecular complexity index is 1360. The Kier molecular flexibility index (Phi) is 10.1. The van der Waals surface area contributed by atoms with Crippen LogP contribution in [0.2, 0.25) is 5.02 Å². The minimum absolute atomic E-state index is 0.284. The molecule has 0 spiro atoms. The number of nitrogens with zero attached hydrogens (tertiary/aromatic N) is 1. The summed E-state index contributed by atoms with van der Waals surface area (Å²) in [6.45, 7) is 1.52. The highest BCUT2D eigenvalue weighted by molar-refractivity contribution is 9.10. The molecule has 0 unspecified atom stereocenters. The molecule has 0 atom stereocenters. The molecular weight excluding hydrogens is 580 g/mol. The van der Waals surface area contributed by atoms with Gasteiger partial charge in [-0.25, -0.2) is 5.43 Å². The van der Waals surface area contributed by atoms with Gasteiger partial charge in [0.05, 0.1) is 24.9 Å². The number of hydrogen-bond donors (Lipinski definition) is 3. The summed E-state index contributed by atoms with van der Waals surface area (Å²) in [6.07, 6.45) is 1.32. The normalized spacial score (nSPS) is 10.6. The first-order valence-electron chi connectivity index (χ1n) is 11.1. The summed E-state index contributed by atoms with van der Waals surface area (Å²) in [7, 11) is 2.97. The van der Waals surface area contributed by atoms with Crippen molar-refractivity contribution in [1.29, 1.82) is 0 Å². The summed E-state index contributed by atoms with van der Waals surface area (Å²) >= 11 is 9.49. The molecule has 0 radical (unpaired) electrons. The van der Waals surface area contributed by atoms with E-state index in [0.29, 0.717) is 43.7 Å². The summed E-state index contributed by atoms with van der Waals surface area (Å²) in [4.78, 5) is 36.5. The summed E-state index contributed by atoms with van der Waals surface area (Å²) < 4.78 is 16.6. The van der Waals surface area contributed by atoms with E-state index in [0.717, 1.165) is 5.56 Å². The number of ether oxygens (including phenoxy) is 3. The monoisotopic (exact) mass is 602 g/mol. The van der Waals surface area contributed by atoms with Crippen molar-refractivity contribution in [2.24, 2.45) is 5.10 Å².